The molecule has 4 aromatic carbocycles. The Bertz CT molecular complexity index is 3540. The lowest BCUT2D eigenvalue weighted by molar-refractivity contribution is -0.131. The van der Waals surface area contributed by atoms with Crippen molar-refractivity contribution in [3.63, 3.8) is 0 Å². The lowest BCUT2D eigenvalue weighted by Gasteiger charge is -2.32. The largest absolute Gasteiger partial charge is 0.361 e. The van der Waals surface area contributed by atoms with Crippen molar-refractivity contribution in [1.82, 2.24) is 39.5 Å². The average molecular weight is 1030 g/mol. The van der Waals surface area contributed by atoms with Gasteiger partial charge in [-0.25, -0.2) is 9.97 Å². The van der Waals surface area contributed by atoms with Gasteiger partial charge in [0.2, 0.25) is 5.91 Å². The van der Waals surface area contributed by atoms with Crippen LogP contribution < -0.4 is 31.6 Å². The van der Waals surface area contributed by atoms with E-state index in [-0.39, 0.29) is 37.6 Å². The predicted molar refractivity (Wildman–Crippen MR) is 302 cm³/mol. The Balaban J connectivity index is 0.000000281. The molecular weight excluding hydrogens is 965 g/mol. The van der Waals surface area contributed by atoms with Crippen LogP contribution in [0.4, 0.5) is 11.4 Å². The number of rotatable bonds is 14. The molecule has 2 aliphatic heterocycles. The fourth-order valence-electron chi connectivity index (χ4n) is 8.72. The van der Waals surface area contributed by atoms with E-state index in [1.54, 1.807) is 50.2 Å². The normalized spacial score (nSPS) is 12.6. The summed E-state index contributed by atoms with van der Waals surface area (Å²) in [6.45, 7) is 30.4. The first-order valence-electron chi connectivity index (χ1n) is 24.8. The van der Waals surface area contributed by atoms with Gasteiger partial charge in [-0.1, -0.05) is 62.7 Å². The highest BCUT2D eigenvalue weighted by Crippen LogP contribution is 2.36. The predicted octanol–water partition coefficient (Wildman–Crippen LogP) is 7.21. The Morgan fingerprint density at radius 2 is 1.18 bits per heavy atom. The number of nitrogens with zero attached hydrogens (tertiary/aromatic N) is 8. The molecule has 0 atom stereocenters. The molecule has 5 amide bonds. The summed E-state index contributed by atoms with van der Waals surface area (Å²) in [5.74, 6) is -2.32. The molecule has 0 fully saturated rings. The SMILES string of the molecule is C=C(NC(=O)C(=C)n1cnc2c(-c3ccc4c(c3)CCN4C(C)=O)cccc2c1=O)C(=O)N(C)C(C)C.C=C(NC(=O)C(=C)n1cnc2c(-c3ccc4c(c3)CCN4COCC)cccc2c1=O)C(=O)N(C)C(C)(C)C.[HH].[HH]. The maximum atomic E-state index is 13.4. The van der Waals surface area contributed by atoms with E-state index in [4.69, 9.17) is 4.74 Å². The van der Waals surface area contributed by atoms with Gasteiger partial charge in [0.1, 0.15) is 30.8 Å². The number of fused-ring (bicyclic) bond motifs is 4. The highest BCUT2D eigenvalue weighted by Gasteiger charge is 2.28. The van der Waals surface area contributed by atoms with Crippen LogP contribution in [-0.4, -0.2) is 111 Å². The van der Waals surface area contributed by atoms with Gasteiger partial charge in [-0.3, -0.25) is 42.7 Å². The third-order valence-electron chi connectivity index (χ3n) is 13.6. The van der Waals surface area contributed by atoms with E-state index in [2.05, 4.69) is 63.9 Å². The van der Waals surface area contributed by atoms with Gasteiger partial charge >= 0.3 is 0 Å². The molecule has 0 saturated heterocycles. The highest BCUT2D eigenvalue weighted by molar-refractivity contribution is 6.16. The number of hydrogen-bond donors (Lipinski definition) is 2. The van der Waals surface area contributed by atoms with Gasteiger partial charge in [0.15, 0.2) is 0 Å². The second-order valence-electron chi connectivity index (χ2n) is 19.8. The lowest BCUT2D eigenvalue weighted by atomic mass is 9.99. The minimum atomic E-state index is -0.733. The summed E-state index contributed by atoms with van der Waals surface area (Å²) < 4.78 is 7.72. The number of benzene rings is 4. The van der Waals surface area contributed by atoms with Crippen LogP contribution in [0.5, 0.6) is 0 Å². The second kappa shape index (κ2) is 22.4. The first-order valence-corrected chi connectivity index (χ1v) is 24.8. The summed E-state index contributed by atoms with van der Waals surface area (Å²) in [5, 5.41) is 5.55. The zero-order chi connectivity index (χ0) is 55.5. The van der Waals surface area contributed by atoms with E-state index in [1.165, 1.54) is 28.0 Å². The van der Waals surface area contributed by atoms with Crippen molar-refractivity contribution in [1.29, 1.82) is 0 Å². The molecule has 2 N–H and O–H groups in total. The molecule has 0 spiro atoms. The number of hydrogen-bond acceptors (Lipinski definition) is 11. The molecule has 2 aliphatic rings. The first kappa shape index (κ1) is 55.0. The molecule has 0 bridgehead atoms. The number of carbonyl (C=O) groups excluding carboxylic acids is 5. The molecule has 0 radical (unpaired) electrons. The summed E-state index contributed by atoms with van der Waals surface area (Å²) in [7, 11) is 3.23. The number of aromatic nitrogens is 4. The fraction of sp³-hybridized carbons (Fsp3) is 0.293. The van der Waals surface area contributed by atoms with Crippen molar-refractivity contribution in [3.05, 3.63) is 155 Å². The van der Waals surface area contributed by atoms with Crippen molar-refractivity contribution >= 4 is 74.1 Å². The van der Waals surface area contributed by atoms with Crippen LogP contribution >= 0.6 is 0 Å². The number of anilines is 2. The van der Waals surface area contributed by atoms with Crippen molar-refractivity contribution in [2.45, 2.75) is 72.9 Å². The lowest BCUT2D eigenvalue weighted by Crippen LogP contribution is -2.46. The Labute approximate surface area is 444 Å². The Kier molecular flexibility index (Phi) is 16.2. The van der Waals surface area contributed by atoms with Crippen molar-refractivity contribution in [2.24, 2.45) is 0 Å². The first-order chi connectivity index (χ1) is 35.9. The third-order valence-corrected chi connectivity index (χ3v) is 13.6. The topological polar surface area (TPSA) is 201 Å². The monoisotopic (exact) mass is 1030 g/mol. The van der Waals surface area contributed by atoms with Crippen LogP contribution in [0.1, 0.15) is 62.4 Å². The van der Waals surface area contributed by atoms with Gasteiger partial charge < -0.3 is 35.0 Å². The number of ether oxygens (including phenoxy) is 1. The third kappa shape index (κ3) is 11.2. The molecule has 0 aliphatic carbocycles. The highest BCUT2D eigenvalue weighted by atomic mass is 16.5. The Hall–Kier alpha value is -8.77. The van der Waals surface area contributed by atoms with E-state index in [1.807, 2.05) is 77.9 Å². The van der Waals surface area contributed by atoms with E-state index in [9.17, 15) is 33.6 Å². The molecule has 18 nitrogen and oxygen atoms in total. The number of likely N-dealkylation sites (N-methyl/N-ethyl adjacent to an activating group) is 2. The van der Waals surface area contributed by atoms with E-state index >= 15 is 0 Å². The number of nitrogens with one attached hydrogen (secondary N) is 2. The number of carbonyl (C=O) groups is 5. The Morgan fingerprint density at radius 3 is 1.66 bits per heavy atom. The molecule has 8 rings (SSSR count). The molecule has 398 valence electrons. The van der Waals surface area contributed by atoms with E-state index in [0.29, 0.717) is 41.7 Å². The Morgan fingerprint density at radius 1 is 0.711 bits per heavy atom. The van der Waals surface area contributed by atoms with Crippen LogP contribution in [-0.2, 0) is 41.6 Å². The smallest absolute Gasteiger partial charge is 0.272 e. The quantitative estimate of drug-likeness (QED) is 0.105. The summed E-state index contributed by atoms with van der Waals surface area (Å²) in [4.78, 5) is 105. The molecule has 2 aromatic heterocycles. The molecule has 6 aromatic rings. The zero-order valence-corrected chi connectivity index (χ0v) is 44.6. The minimum absolute atomic E-state index is 0. The number of para-hydroxylation sites is 2. The van der Waals surface area contributed by atoms with Crippen LogP contribution in [0.3, 0.4) is 0 Å². The molecule has 4 heterocycles. The molecule has 0 unspecified atom stereocenters. The number of amides is 5. The van der Waals surface area contributed by atoms with Gasteiger partial charge in [-0.05, 0) is 113 Å². The summed E-state index contributed by atoms with van der Waals surface area (Å²) in [6, 6.07) is 22.7. The molecule has 76 heavy (non-hydrogen) atoms. The summed E-state index contributed by atoms with van der Waals surface area (Å²) in [5.41, 5.74) is 6.80. The van der Waals surface area contributed by atoms with Crippen molar-refractivity contribution in [3.8, 4) is 22.3 Å². The van der Waals surface area contributed by atoms with Crippen LogP contribution in [0.25, 0.3) is 55.5 Å². The summed E-state index contributed by atoms with van der Waals surface area (Å²) in [6.07, 6.45) is 4.21. The van der Waals surface area contributed by atoms with Gasteiger partial charge in [0.25, 0.3) is 34.7 Å². The van der Waals surface area contributed by atoms with E-state index < -0.39 is 40.3 Å². The van der Waals surface area contributed by atoms with Gasteiger partial charge in [0.05, 0.1) is 33.2 Å². The molecular formula is C58H68N10O8. The molecule has 18 heteroatoms. The van der Waals surface area contributed by atoms with Gasteiger partial charge in [-0.15, -0.1) is 0 Å². The maximum absolute atomic E-state index is 13.4. The van der Waals surface area contributed by atoms with Crippen LogP contribution in [0.2, 0.25) is 0 Å². The van der Waals surface area contributed by atoms with Gasteiger partial charge in [0, 0.05) is 77.7 Å². The minimum Gasteiger partial charge on any atom is -0.361 e. The average Bonchev–Trinajstić information content (AvgIpc) is 4.08. The fourth-order valence-corrected chi connectivity index (χ4v) is 8.72. The standard InChI is InChI=1S/C30H35N5O4.C28H29N5O4.2H2/c1-8-39-18-34-15-14-22-16-21(12-13-25(22)34)23-10-9-11-24-26(23)31-17-35(29(24)38)20(3)27(36)32-19(2)28(37)33(7)30(4,5)6;1-16(2)31(6)27(36)17(3)30-26(35)18(4)33-15-29-25-22(8-7-9-23(25)28(33)37)20-10-11-24-21(14-20)12-13-32(24)19(5)34;;/h9-13,16-17H,2-3,8,14-15,18H2,1,4-7H3,(H,32,36);7-11,14-16H,3-4,12-13H2,1-2,5-6H3,(H,30,35);2*1H. The zero-order valence-electron chi connectivity index (χ0n) is 44.6. The van der Waals surface area contributed by atoms with E-state index in [0.717, 1.165) is 67.7 Å². The van der Waals surface area contributed by atoms with Crippen LogP contribution in [0.15, 0.2) is 133 Å². The maximum Gasteiger partial charge on any atom is 0.272 e. The summed E-state index contributed by atoms with van der Waals surface area (Å²) >= 11 is 0. The second-order valence-corrected chi connectivity index (χ2v) is 19.8. The van der Waals surface area contributed by atoms with Crippen molar-refractivity contribution in [2.75, 3.05) is 50.3 Å². The van der Waals surface area contributed by atoms with Gasteiger partial charge in [-0.2, -0.15) is 0 Å². The van der Waals surface area contributed by atoms with Crippen molar-refractivity contribution < 1.29 is 31.6 Å². The van der Waals surface area contributed by atoms with Crippen LogP contribution in [0, 0.1) is 0 Å². The molecule has 0 saturated carbocycles.